The van der Waals surface area contributed by atoms with Gasteiger partial charge in [0.2, 0.25) is 0 Å². The van der Waals surface area contributed by atoms with Gasteiger partial charge >= 0.3 is 0 Å². The molecule has 2 nitrogen and oxygen atoms in total. The van der Waals surface area contributed by atoms with E-state index in [2.05, 4.69) is 0 Å². The first-order chi connectivity index (χ1) is 6.74. The largest absolute Gasteiger partial charge is 0.493 e. The molecule has 0 aromatic heterocycles. The van der Waals surface area contributed by atoms with Gasteiger partial charge in [0.05, 0.1) is 6.61 Å². The summed E-state index contributed by atoms with van der Waals surface area (Å²) in [6.45, 7) is 2.68. The molecule has 1 aliphatic carbocycles. The summed E-state index contributed by atoms with van der Waals surface area (Å²) in [7, 11) is 0. The van der Waals surface area contributed by atoms with Crippen molar-refractivity contribution in [3.63, 3.8) is 0 Å². The van der Waals surface area contributed by atoms with Crippen molar-refractivity contribution in [2.45, 2.75) is 26.2 Å². The van der Waals surface area contributed by atoms with Crippen LogP contribution in [0.3, 0.4) is 0 Å². The molecule has 1 aromatic rings. The minimum Gasteiger partial charge on any atom is -0.493 e. The molecule has 0 aliphatic heterocycles. The van der Waals surface area contributed by atoms with E-state index in [9.17, 15) is 5.11 Å². The fourth-order valence-electron chi connectivity index (χ4n) is 1.67. The van der Waals surface area contributed by atoms with Gasteiger partial charge in [-0.25, -0.2) is 0 Å². The van der Waals surface area contributed by atoms with Crippen LogP contribution in [0.15, 0.2) is 18.2 Å². The molecule has 0 unspecified atom stereocenters. The predicted molar refractivity (Wildman–Crippen MR) is 54.1 cm³/mol. The van der Waals surface area contributed by atoms with Gasteiger partial charge in [0.1, 0.15) is 5.75 Å². The fourth-order valence-corrected chi connectivity index (χ4v) is 1.67. The molecule has 1 aliphatic rings. The van der Waals surface area contributed by atoms with Crippen LogP contribution in [0.25, 0.3) is 0 Å². The average Bonchev–Trinajstić information content (AvgIpc) is 1.99. The van der Waals surface area contributed by atoms with E-state index in [1.54, 1.807) is 12.1 Å². The molecule has 0 spiro atoms. The van der Waals surface area contributed by atoms with Gasteiger partial charge in [-0.15, -0.1) is 0 Å². The van der Waals surface area contributed by atoms with Gasteiger partial charge in [-0.05, 0) is 43.4 Å². The smallest absolute Gasteiger partial charge is 0.182 e. The van der Waals surface area contributed by atoms with Crippen LogP contribution in [-0.2, 0) is 5.11 Å². The second kappa shape index (κ2) is 3.91. The highest BCUT2D eigenvalue weighted by Crippen LogP contribution is 2.28. The zero-order valence-corrected chi connectivity index (χ0v) is 8.45. The first-order valence-corrected chi connectivity index (χ1v) is 5.15. The molecule has 2 rings (SSSR count). The van der Waals surface area contributed by atoms with E-state index in [1.165, 1.54) is 19.3 Å². The molecule has 0 bridgehead atoms. The monoisotopic (exact) mass is 191 g/mol. The minimum absolute atomic E-state index is 0.0357. The summed E-state index contributed by atoms with van der Waals surface area (Å²) in [6.07, 6.45) is 3.88. The Hall–Kier alpha value is -1.18. The summed E-state index contributed by atoms with van der Waals surface area (Å²) in [5.74, 6) is 1.47. The van der Waals surface area contributed by atoms with Gasteiger partial charge in [0, 0.05) is 6.07 Å². The molecule has 0 heterocycles. The lowest BCUT2D eigenvalue weighted by Crippen LogP contribution is -2.19. The normalized spacial score (nSPS) is 16.4. The molecular weight excluding hydrogens is 176 g/mol. The van der Waals surface area contributed by atoms with Crippen molar-refractivity contribution in [2.24, 2.45) is 5.92 Å². The average molecular weight is 191 g/mol. The minimum atomic E-state index is 0.0357. The maximum Gasteiger partial charge on any atom is 0.182 e. The van der Waals surface area contributed by atoms with Crippen LogP contribution in [0, 0.1) is 12.8 Å². The van der Waals surface area contributed by atoms with Crippen LogP contribution >= 0.6 is 0 Å². The maximum atomic E-state index is 11.2. The Morgan fingerprint density at radius 2 is 2.14 bits per heavy atom. The van der Waals surface area contributed by atoms with Gasteiger partial charge < -0.3 is 4.74 Å². The summed E-state index contributed by atoms with van der Waals surface area (Å²) in [5.41, 5.74) is 0.973. The van der Waals surface area contributed by atoms with Crippen molar-refractivity contribution in [1.82, 2.24) is 0 Å². The number of hydrogen-bond acceptors (Lipinski definition) is 1. The van der Waals surface area contributed by atoms with Crippen LogP contribution in [0.2, 0.25) is 0 Å². The SMILES string of the molecule is Cc1cc([O])cc(OCC2CCC2)c1. The lowest BCUT2D eigenvalue weighted by atomic mass is 9.86. The summed E-state index contributed by atoms with van der Waals surface area (Å²) in [6, 6.07) is 5.10. The van der Waals surface area contributed by atoms with Gasteiger partial charge in [-0.3, -0.25) is 5.11 Å². The molecule has 0 atom stereocenters. The molecule has 1 saturated carbocycles. The molecule has 0 N–H and O–H groups in total. The summed E-state index contributed by atoms with van der Waals surface area (Å²) >= 11 is 0. The number of rotatable bonds is 3. The standard InChI is InChI=1S/C12H15O2/c1-9-5-11(13)7-12(6-9)14-8-10-3-2-4-10/h5-7,10H,2-4,8H2,1H3. The highest BCUT2D eigenvalue weighted by atomic mass is 16.5. The molecule has 0 saturated heterocycles. The molecular formula is C12H15O2. The van der Waals surface area contributed by atoms with Crippen molar-refractivity contribution in [2.75, 3.05) is 6.61 Å². The van der Waals surface area contributed by atoms with Crippen LogP contribution in [0.5, 0.6) is 11.5 Å². The Labute approximate surface area is 84.5 Å². The third-order valence-electron chi connectivity index (χ3n) is 2.73. The zero-order chi connectivity index (χ0) is 9.97. The van der Waals surface area contributed by atoms with Gasteiger partial charge in [-0.2, -0.15) is 0 Å². The summed E-state index contributed by atoms with van der Waals surface area (Å²) in [4.78, 5) is 0. The van der Waals surface area contributed by atoms with Crippen LogP contribution in [0.4, 0.5) is 0 Å². The van der Waals surface area contributed by atoms with Gasteiger partial charge in [-0.1, -0.05) is 6.42 Å². The topological polar surface area (TPSA) is 29.1 Å². The van der Waals surface area contributed by atoms with E-state index in [-0.39, 0.29) is 5.75 Å². The zero-order valence-electron chi connectivity index (χ0n) is 8.45. The quantitative estimate of drug-likeness (QED) is 0.720. The number of ether oxygens (including phenoxy) is 1. The van der Waals surface area contributed by atoms with E-state index in [4.69, 9.17) is 4.74 Å². The summed E-state index contributed by atoms with van der Waals surface area (Å²) < 4.78 is 5.57. The van der Waals surface area contributed by atoms with Gasteiger partial charge in [0.15, 0.2) is 5.75 Å². The Bertz CT molecular complexity index is 296. The Kier molecular flexibility index (Phi) is 2.62. The van der Waals surface area contributed by atoms with E-state index in [0.29, 0.717) is 5.92 Å². The van der Waals surface area contributed by atoms with Crippen molar-refractivity contribution in [3.05, 3.63) is 23.8 Å². The first-order valence-electron chi connectivity index (χ1n) is 5.15. The third-order valence-corrected chi connectivity index (χ3v) is 2.73. The second-order valence-electron chi connectivity index (χ2n) is 4.09. The number of hydrogen-bond donors (Lipinski definition) is 0. The van der Waals surface area contributed by atoms with Crippen LogP contribution in [0.1, 0.15) is 24.8 Å². The molecule has 0 amide bonds. The van der Waals surface area contributed by atoms with E-state index in [0.717, 1.165) is 17.9 Å². The third kappa shape index (κ3) is 2.19. The van der Waals surface area contributed by atoms with E-state index in [1.807, 2.05) is 13.0 Å². The molecule has 75 valence electrons. The van der Waals surface area contributed by atoms with Crippen molar-refractivity contribution in [3.8, 4) is 11.5 Å². The van der Waals surface area contributed by atoms with Crippen molar-refractivity contribution < 1.29 is 9.84 Å². The predicted octanol–water partition coefficient (Wildman–Crippen LogP) is 3.32. The van der Waals surface area contributed by atoms with E-state index >= 15 is 0 Å². The summed E-state index contributed by atoms with van der Waals surface area (Å²) in [5, 5.41) is 11.2. The van der Waals surface area contributed by atoms with Crippen LogP contribution in [-0.4, -0.2) is 6.61 Å². The number of aryl methyl sites for hydroxylation is 1. The fraction of sp³-hybridized carbons (Fsp3) is 0.500. The maximum absolute atomic E-state index is 11.2. The Balaban J connectivity index is 1.94. The lowest BCUT2D eigenvalue weighted by molar-refractivity contribution is 0.180. The molecule has 2 heteroatoms. The Morgan fingerprint density at radius 1 is 1.36 bits per heavy atom. The van der Waals surface area contributed by atoms with E-state index < -0.39 is 0 Å². The van der Waals surface area contributed by atoms with Crippen molar-refractivity contribution in [1.29, 1.82) is 0 Å². The first kappa shape index (κ1) is 9.38. The van der Waals surface area contributed by atoms with Crippen molar-refractivity contribution >= 4 is 0 Å². The molecule has 14 heavy (non-hydrogen) atoms. The Morgan fingerprint density at radius 3 is 2.71 bits per heavy atom. The highest BCUT2D eigenvalue weighted by Gasteiger charge is 2.17. The molecule has 1 fully saturated rings. The molecule has 1 aromatic carbocycles. The van der Waals surface area contributed by atoms with Gasteiger partial charge in [0.25, 0.3) is 0 Å². The molecule has 1 radical (unpaired) electrons. The second-order valence-corrected chi connectivity index (χ2v) is 4.09. The lowest BCUT2D eigenvalue weighted by Gasteiger charge is -2.25. The van der Waals surface area contributed by atoms with Crippen LogP contribution < -0.4 is 4.74 Å². The number of benzene rings is 1. The highest BCUT2D eigenvalue weighted by molar-refractivity contribution is 5.36.